The van der Waals surface area contributed by atoms with Gasteiger partial charge in [0, 0.05) is 11.1 Å². The van der Waals surface area contributed by atoms with E-state index in [2.05, 4.69) is 34.3 Å². The van der Waals surface area contributed by atoms with Gasteiger partial charge in [0.2, 0.25) is 0 Å². The summed E-state index contributed by atoms with van der Waals surface area (Å²) in [6.07, 6.45) is 1.77. The fourth-order valence-corrected chi connectivity index (χ4v) is 2.58. The minimum atomic E-state index is 0.0631. The molecule has 0 spiro atoms. The van der Waals surface area contributed by atoms with Crippen molar-refractivity contribution in [2.24, 2.45) is 5.84 Å². The van der Waals surface area contributed by atoms with Crippen LogP contribution in [0.2, 0.25) is 0 Å². The molecule has 0 aliphatic rings. The Hall–Kier alpha value is -0.620. The van der Waals surface area contributed by atoms with Gasteiger partial charge in [-0.15, -0.1) is 0 Å². The van der Waals surface area contributed by atoms with Gasteiger partial charge in [0.05, 0.1) is 19.3 Å². The summed E-state index contributed by atoms with van der Waals surface area (Å²) < 4.78 is 12.1. The van der Waals surface area contributed by atoms with Gasteiger partial charge < -0.3 is 9.47 Å². The summed E-state index contributed by atoms with van der Waals surface area (Å²) in [5, 5.41) is 0. The number of hydrogen-bond donors (Lipinski definition) is 2. The Morgan fingerprint density at radius 3 is 2.63 bits per heavy atom. The Balaban J connectivity index is 2.87. The number of methoxy groups -OCH3 is 1. The van der Waals surface area contributed by atoms with E-state index in [0.717, 1.165) is 28.6 Å². The molecular weight excluding hydrogens is 308 g/mol. The normalized spacial score (nSPS) is 14.2. The van der Waals surface area contributed by atoms with Crippen molar-refractivity contribution in [1.29, 1.82) is 0 Å². The molecular formula is C14H23BrN2O2. The van der Waals surface area contributed by atoms with Crippen LogP contribution in [0.1, 0.15) is 25.8 Å². The van der Waals surface area contributed by atoms with Gasteiger partial charge >= 0.3 is 0 Å². The lowest BCUT2D eigenvalue weighted by molar-refractivity contribution is 0.0318. The summed E-state index contributed by atoms with van der Waals surface area (Å²) in [6, 6.07) is 6.04. The molecule has 2 unspecified atom stereocenters. The molecule has 0 aliphatic carbocycles. The van der Waals surface area contributed by atoms with Crippen molar-refractivity contribution in [2.45, 2.75) is 38.8 Å². The maximum absolute atomic E-state index is 5.73. The molecule has 0 saturated carbocycles. The molecule has 19 heavy (non-hydrogen) atoms. The summed E-state index contributed by atoms with van der Waals surface area (Å²) in [4.78, 5) is 0. The lowest BCUT2D eigenvalue weighted by atomic mass is 9.99. The monoisotopic (exact) mass is 330 g/mol. The molecule has 1 rings (SSSR count). The fourth-order valence-electron chi connectivity index (χ4n) is 2.17. The van der Waals surface area contributed by atoms with Gasteiger partial charge in [0.15, 0.2) is 0 Å². The van der Waals surface area contributed by atoms with Crippen molar-refractivity contribution in [3.8, 4) is 5.75 Å². The number of hydrazine groups is 1. The van der Waals surface area contributed by atoms with Gasteiger partial charge in [0.1, 0.15) is 5.75 Å². The zero-order chi connectivity index (χ0) is 14.3. The number of nitrogens with two attached hydrogens (primary N) is 1. The van der Waals surface area contributed by atoms with Crippen molar-refractivity contribution in [3.63, 3.8) is 0 Å². The van der Waals surface area contributed by atoms with E-state index in [1.807, 2.05) is 19.1 Å². The van der Waals surface area contributed by atoms with E-state index in [4.69, 9.17) is 15.3 Å². The zero-order valence-electron chi connectivity index (χ0n) is 11.8. The quantitative estimate of drug-likeness (QED) is 0.568. The first-order valence-electron chi connectivity index (χ1n) is 6.56. The molecule has 0 aliphatic heterocycles. The predicted octanol–water partition coefficient (Wildman–Crippen LogP) is 2.65. The molecule has 3 N–H and O–H groups in total. The van der Waals surface area contributed by atoms with Crippen molar-refractivity contribution in [1.82, 2.24) is 5.43 Å². The number of benzene rings is 1. The van der Waals surface area contributed by atoms with Crippen LogP contribution in [0.5, 0.6) is 5.75 Å². The zero-order valence-corrected chi connectivity index (χ0v) is 13.4. The van der Waals surface area contributed by atoms with Crippen LogP contribution < -0.4 is 16.0 Å². The van der Waals surface area contributed by atoms with E-state index < -0.39 is 0 Å². The molecule has 5 heteroatoms. The molecule has 0 amide bonds. The smallest absolute Gasteiger partial charge is 0.122 e. The Morgan fingerprint density at radius 2 is 2.11 bits per heavy atom. The fraction of sp³-hybridized carbons (Fsp3) is 0.571. The van der Waals surface area contributed by atoms with Gasteiger partial charge in [-0.05, 0) is 43.5 Å². The average Bonchev–Trinajstić information content (AvgIpc) is 2.42. The highest BCUT2D eigenvalue weighted by molar-refractivity contribution is 9.10. The van der Waals surface area contributed by atoms with E-state index >= 15 is 0 Å². The van der Waals surface area contributed by atoms with Crippen molar-refractivity contribution >= 4 is 15.9 Å². The van der Waals surface area contributed by atoms with Crippen LogP contribution in [0.4, 0.5) is 0 Å². The van der Waals surface area contributed by atoms with Gasteiger partial charge in [-0.2, -0.15) is 0 Å². The van der Waals surface area contributed by atoms with Crippen LogP contribution in [-0.4, -0.2) is 25.9 Å². The number of nitrogens with one attached hydrogen (secondary N) is 1. The molecule has 1 aromatic rings. The molecule has 0 bridgehead atoms. The van der Waals surface area contributed by atoms with Crippen LogP contribution in [0, 0.1) is 0 Å². The minimum absolute atomic E-state index is 0.0631. The molecule has 0 saturated heterocycles. The summed E-state index contributed by atoms with van der Waals surface area (Å²) in [7, 11) is 1.68. The molecule has 0 heterocycles. The van der Waals surface area contributed by atoms with E-state index in [0.29, 0.717) is 6.61 Å². The molecule has 2 atom stereocenters. The molecule has 0 aromatic heterocycles. The topological polar surface area (TPSA) is 56.5 Å². The third-order valence-electron chi connectivity index (χ3n) is 3.13. The van der Waals surface area contributed by atoms with E-state index in [1.165, 1.54) is 0 Å². The van der Waals surface area contributed by atoms with Crippen molar-refractivity contribution < 1.29 is 9.47 Å². The second kappa shape index (κ2) is 8.53. The van der Waals surface area contributed by atoms with E-state index in [9.17, 15) is 0 Å². The Kier molecular flexibility index (Phi) is 7.38. The van der Waals surface area contributed by atoms with Gasteiger partial charge in [-0.3, -0.25) is 11.3 Å². The Bertz CT molecular complexity index is 388. The maximum Gasteiger partial charge on any atom is 0.122 e. The third kappa shape index (κ3) is 4.76. The number of hydrogen-bond acceptors (Lipinski definition) is 4. The first-order chi connectivity index (χ1) is 9.15. The first kappa shape index (κ1) is 16.4. The first-order valence-corrected chi connectivity index (χ1v) is 7.35. The van der Waals surface area contributed by atoms with Crippen LogP contribution in [0.25, 0.3) is 0 Å². The maximum atomic E-state index is 5.73. The summed E-state index contributed by atoms with van der Waals surface area (Å²) >= 11 is 3.48. The lowest BCUT2D eigenvalue weighted by Gasteiger charge is -2.26. The highest BCUT2D eigenvalue weighted by Crippen LogP contribution is 2.25. The second-order valence-electron chi connectivity index (χ2n) is 4.34. The van der Waals surface area contributed by atoms with Crippen molar-refractivity contribution in [2.75, 3.05) is 13.7 Å². The van der Waals surface area contributed by atoms with Crippen LogP contribution in [0.15, 0.2) is 22.7 Å². The Labute approximate surface area is 123 Å². The highest BCUT2D eigenvalue weighted by Gasteiger charge is 2.21. The lowest BCUT2D eigenvalue weighted by Crippen LogP contribution is -2.46. The molecule has 1 aromatic carbocycles. The van der Waals surface area contributed by atoms with E-state index in [-0.39, 0.29) is 12.1 Å². The Morgan fingerprint density at radius 1 is 1.37 bits per heavy atom. The largest absolute Gasteiger partial charge is 0.496 e. The standard InChI is InChI=1S/C14H23BrN2O2/c1-4-13(19-5-2)12(17-16)9-10-8-11(15)6-7-14(10)18-3/h6-8,12-13,17H,4-5,9,16H2,1-3H3. The summed E-state index contributed by atoms with van der Waals surface area (Å²) in [6.45, 7) is 4.78. The molecule has 0 fully saturated rings. The highest BCUT2D eigenvalue weighted by atomic mass is 79.9. The predicted molar refractivity (Wildman–Crippen MR) is 81.2 cm³/mol. The van der Waals surface area contributed by atoms with Crippen LogP contribution in [0.3, 0.4) is 0 Å². The summed E-state index contributed by atoms with van der Waals surface area (Å²) in [5.41, 5.74) is 3.97. The average molecular weight is 331 g/mol. The molecule has 4 nitrogen and oxygen atoms in total. The minimum Gasteiger partial charge on any atom is -0.496 e. The molecule has 108 valence electrons. The number of ether oxygens (including phenoxy) is 2. The van der Waals surface area contributed by atoms with E-state index in [1.54, 1.807) is 7.11 Å². The van der Waals surface area contributed by atoms with Gasteiger partial charge in [-0.1, -0.05) is 22.9 Å². The molecule has 0 radical (unpaired) electrons. The number of halogens is 1. The van der Waals surface area contributed by atoms with Gasteiger partial charge in [0.25, 0.3) is 0 Å². The SMILES string of the molecule is CCOC(CC)C(Cc1cc(Br)ccc1OC)NN. The third-order valence-corrected chi connectivity index (χ3v) is 3.62. The van der Waals surface area contributed by atoms with Crippen LogP contribution in [-0.2, 0) is 11.2 Å². The van der Waals surface area contributed by atoms with Crippen LogP contribution >= 0.6 is 15.9 Å². The van der Waals surface area contributed by atoms with Crippen molar-refractivity contribution in [3.05, 3.63) is 28.2 Å². The summed E-state index contributed by atoms with van der Waals surface area (Å²) in [5.74, 6) is 6.54. The number of rotatable bonds is 8. The second-order valence-corrected chi connectivity index (χ2v) is 5.25. The van der Waals surface area contributed by atoms with Gasteiger partial charge in [-0.25, -0.2) is 0 Å².